The van der Waals surface area contributed by atoms with Crippen LogP contribution in [0.25, 0.3) is 0 Å². The molecule has 19 heavy (non-hydrogen) atoms. The van der Waals surface area contributed by atoms with Crippen molar-refractivity contribution >= 4 is 5.97 Å². The maximum absolute atomic E-state index is 11.0. The van der Waals surface area contributed by atoms with E-state index in [9.17, 15) is 9.90 Å². The minimum Gasteiger partial charge on any atom is -0.504 e. The molecular weight excluding hydrogens is 244 g/mol. The molecule has 0 spiro atoms. The van der Waals surface area contributed by atoms with E-state index in [1.165, 1.54) is 6.07 Å². The van der Waals surface area contributed by atoms with Gasteiger partial charge < -0.3 is 14.9 Å². The van der Waals surface area contributed by atoms with E-state index < -0.39 is 5.97 Å². The molecule has 0 saturated carbocycles. The van der Waals surface area contributed by atoms with Crippen LogP contribution in [0, 0.1) is 6.92 Å². The standard InChI is InChI=1S/C15H14O4/c1-10-6-7-11(8-12(10)15(17)18)9-19-14-5-3-2-4-13(14)16/h2-8,16H,9H2,1H3,(H,17,18). The van der Waals surface area contributed by atoms with Crippen molar-refractivity contribution in [2.75, 3.05) is 0 Å². The third kappa shape index (κ3) is 3.04. The van der Waals surface area contributed by atoms with Crippen molar-refractivity contribution in [3.63, 3.8) is 0 Å². The molecule has 0 aliphatic heterocycles. The summed E-state index contributed by atoms with van der Waals surface area (Å²) in [5.41, 5.74) is 1.71. The van der Waals surface area contributed by atoms with E-state index in [1.807, 2.05) is 6.07 Å². The molecule has 0 aromatic heterocycles. The average Bonchev–Trinajstić information content (AvgIpc) is 2.39. The summed E-state index contributed by atoms with van der Waals surface area (Å²) >= 11 is 0. The molecule has 0 radical (unpaired) electrons. The van der Waals surface area contributed by atoms with E-state index in [2.05, 4.69) is 0 Å². The molecule has 0 fully saturated rings. The monoisotopic (exact) mass is 258 g/mol. The summed E-state index contributed by atoms with van der Waals surface area (Å²) in [6, 6.07) is 11.8. The van der Waals surface area contributed by atoms with Crippen molar-refractivity contribution in [2.45, 2.75) is 13.5 Å². The fourth-order valence-corrected chi connectivity index (χ4v) is 1.73. The largest absolute Gasteiger partial charge is 0.504 e. The van der Waals surface area contributed by atoms with E-state index in [4.69, 9.17) is 9.84 Å². The summed E-state index contributed by atoms with van der Waals surface area (Å²) in [6.07, 6.45) is 0. The Kier molecular flexibility index (Phi) is 3.71. The Hall–Kier alpha value is -2.49. The summed E-state index contributed by atoms with van der Waals surface area (Å²) in [6.45, 7) is 1.95. The van der Waals surface area contributed by atoms with Crippen molar-refractivity contribution in [1.82, 2.24) is 0 Å². The number of para-hydroxylation sites is 2. The summed E-state index contributed by atoms with van der Waals surface area (Å²) < 4.78 is 5.45. The van der Waals surface area contributed by atoms with E-state index in [0.717, 1.165) is 5.56 Å². The lowest BCUT2D eigenvalue weighted by molar-refractivity contribution is 0.0696. The molecule has 0 saturated heterocycles. The van der Waals surface area contributed by atoms with E-state index in [1.54, 1.807) is 37.3 Å². The maximum Gasteiger partial charge on any atom is 0.335 e. The minimum absolute atomic E-state index is 0.0630. The van der Waals surface area contributed by atoms with E-state index in [0.29, 0.717) is 11.3 Å². The highest BCUT2D eigenvalue weighted by atomic mass is 16.5. The summed E-state index contributed by atoms with van der Waals surface area (Å²) in [7, 11) is 0. The number of benzene rings is 2. The van der Waals surface area contributed by atoms with Crippen LogP contribution in [0.4, 0.5) is 0 Å². The number of aromatic hydroxyl groups is 1. The molecule has 98 valence electrons. The summed E-state index contributed by atoms with van der Waals surface area (Å²) in [4.78, 5) is 11.0. The fraction of sp³-hybridized carbons (Fsp3) is 0.133. The van der Waals surface area contributed by atoms with Crippen molar-refractivity contribution in [2.24, 2.45) is 0 Å². The first-order chi connectivity index (χ1) is 9.08. The van der Waals surface area contributed by atoms with Gasteiger partial charge in [0.05, 0.1) is 5.56 Å². The predicted octanol–water partition coefficient (Wildman–Crippen LogP) is 2.98. The lowest BCUT2D eigenvalue weighted by Crippen LogP contribution is -2.03. The van der Waals surface area contributed by atoms with E-state index in [-0.39, 0.29) is 17.9 Å². The number of phenols is 1. The molecular formula is C15H14O4. The highest BCUT2D eigenvalue weighted by Gasteiger charge is 2.08. The fourth-order valence-electron chi connectivity index (χ4n) is 1.73. The molecule has 4 heteroatoms. The van der Waals surface area contributed by atoms with Gasteiger partial charge in [0.25, 0.3) is 0 Å². The molecule has 2 rings (SSSR count). The number of aryl methyl sites for hydroxylation is 1. The number of carboxylic acid groups (broad SMARTS) is 1. The van der Waals surface area contributed by atoms with Crippen LogP contribution in [0.2, 0.25) is 0 Å². The lowest BCUT2D eigenvalue weighted by atomic mass is 10.1. The van der Waals surface area contributed by atoms with Gasteiger partial charge in [0.15, 0.2) is 11.5 Å². The zero-order valence-corrected chi connectivity index (χ0v) is 10.5. The Morgan fingerprint density at radius 3 is 2.63 bits per heavy atom. The van der Waals surface area contributed by atoms with Crippen LogP contribution in [0.15, 0.2) is 42.5 Å². The molecule has 0 aliphatic rings. The molecule has 0 amide bonds. The Labute approximate surface area is 110 Å². The Balaban J connectivity index is 2.14. The van der Waals surface area contributed by atoms with Crippen LogP contribution < -0.4 is 4.74 Å². The number of ether oxygens (including phenoxy) is 1. The molecule has 2 N–H and O–H groups in total. The first-order valence-electron chi connectivity index (χ1n) is 5.81. The molecule has 0 unspecified atom stereocenters. The summed E-state index contributed by atoms with van der Waals surface area (Å²) in [5, 5.41) is 18.6. The number of carboxylic acids is 1. The Morgan fingerprint density at radius 2 is 1.95 bits per heavy atom. The van der Waals surface area contributed by atoms with Crippen molar-refractivity contribution in [3.8, 4) is 11.5 Å². The molecule has 0 bridgehead atoms. The predicted molar refractivity (Wildman–Crippen MR) is 70.6 cm³/mol. The highest BCUT2D eigenvalue weighted by Crippen LogP contribution is 2.25. The van der Waals surface area contributed by atoms with Gasteiger partial charge >= 0.3 is 5.97 Å². The Bertz CT molecular complexity index is 605. The smallest absolute Gasteiger partial charge is 0.335 e. The van der Waals surface area contributed by atoms with Gasteiger partial charge in [-0.25, -0.2) is 4.79 Å². The van der Waals surface area contributed by atoms with Gasteiger partial charge in [-0.15, -0.1) is 0 Å². The highest BCUT2D eigenvalue weighted by molar-refractivity contribution is 5.89. The normalized spacial score (nSPS) is 10.2. The third-order valence-corrected chi connectivity index (χ3v) is 2.79. The number of phenolic OH excluding ortho intramolecular Hbond substituents is 1. The van der Waals surface area contributed by atoms with Gasteiger partial charge in [-0.3, -0.25) is 0 Å². The second-order valence-corrected chi connectivity index (χ2v) is 4.21. The van der Waals surface area contributed by atoms with Gasteiger partial charge in [-0.2, -0.15) is 0 Å². The van der Waals surface area contributed by atoms with Crippen molar-refractivity contribution in [1.29, 1.82) is 0 Å². The first kappa shape index (κ1) is 13.0. The van der Waals surface area contributed by atoms with Crippen LogP contribution in [-0.4, -0.2) is 16.2 Å². The second kappa shape index (κ2) is 5.44. The topological polar surface area (TPSA) is 66.8 Å². The number of carbonyl (C=O) groups is 1. The molecule has 0 heterocycles. The Morgan fingerprint density at radius 1 is 1.21 bits per heavy atom. The minimum atomic E-state index is -0.957. The molecule has 0 aliphatic carbocycles. The van der Waals surface area contributed by atoms with Gasteiger partial charge in [0.1, 0.15) is 6.61 Å². The zero-order chi connectivity index (χ0) is 13.8. The molecule has 2 aromatic carbocycles. The lowest BCUT2D eigenvalue weighted by Gasteiger charge is -2.09. The van der Waals surface area contributed by atoms with Crippen LogP contribution >= 0.6 is 0 Å². The quantitative estimate of drug-likeness (QED) is 0.884. The average molecular weight is 258 g/mol. The van der Waals surface area contributed by atoms with Crippen LogP contribution in [0.1, 0.15) is 21.5 Å². The number of hydrogen-bond acceptors (Lipinski definition) is 3. The van der Waals surface area contributed by atoms with Gasteiger partial charge in [-0.1, -0.05) is 24.3 Å². The van der Waals surface area contributed by atoms with Crippen LogP contribution in [-0.2, 0) is 6.61 Å². The van der Waals surface area contributed by atoms with E-state index >= 15 is 0 Å². The number of aromatic carboxylic acids is 1. The van der Waals surface area contributed by atoms with Gasteiger partial charge in [-0.05, 0) is 36.2 Å². The number of hydrogen-bond donors (Lipinski definition) is 2. The SMILES string of the molecule is Cc1ccc(COc2ccccc2O)cc1C(=O)O. The van der Waals surface area contributed by atoms with Crippen LogP contribution in [0.5, 0.6) is 11.5 Å². The van der Waals surface area contributed by atoms with Crippen molar-refractivity contribution in [3.05, 3.63) is 59.2 Å². The van der Waals surface area contributed by atoms with Crippen molar-refractivity contribution < 1.29 is 19.7 Å². The number of rotatable bonds is 4. The second-order valence-electron chi connectivity index (χ2n) is 4.21. The first-order valence-corrected chi connectivity index (χ1v) is 5.81. The maximum atomic E-state index is 11.0. The van der Waals surface area contributed by atoms with Gasteiger partial charge in [0.2, 0.25) is 0 Å². The molecule has 4 nitrogen and oxygen atoms in total. The molecule has 2 aromatic rings. The summed E-state index contributed by atoms with van der Waals surface area (Å²) in [5.74, 6) is -0.519. The van der Waals surface area contributed by atoms with Crippen LogP contribution in [0.3, 0.4) is 0 Å². The zero-order valence-electron chi connectivity index (χ0n) is 10.5. The molecule has 0 atom stereocenters. The van der Waals surface area contributed by atoms with Gasteiger partial charge in [0, 0.05) is 0 Å². The third-order valence-electron chi connectivity index (χ3n) is 2.79.